The molecule has 0 radical (unpaired) electrons. The lowest BCUT2D eigenvalue weighted by molar-refractivity contribution is -0.170. The number of halogens is 3. The first-order valence-corrected chi connectivity index (χ1v) is 4.26. The normalized spacial score (nSPS) is 10.6. The molecular weight excluding hydrogens is 205 g/mol. The predicted molar refractivity (Wildman–Crippen MR) is 50.2 cm³/mol. The summed E-state index contributed by atoms with van der Waals surface area (Å²) in [7, 11) is 0. The summed E-state index contributed by atoms with van der Waals surface area (Å²) in [5.41, 5.74) is 0.758. The minimum absolute atomic E-state index is 0.214. The maximum atomic E-state index is 11.6. The van der Waals surface area contributed by atoms with Gasteiger partial charge in [-0.3, -0.25) is 0 Å². The maximum Gasteiger partial charge on any atom is 0.411 e. The number of rotatable bonds is 2. The van der Waals surface area contributed by atoms with Gasteiger partial charge in [-0.15, -0.1) is 0 Å². The molecule has 0 aliphatic heterocycles. The number of alkyl halides is 3. The molecule has 0 fully saturated rings. The Balaban J connectivity index is 2.30. The molecule has 1 aromatic rings. The molecule has 0 atom stereocenters. The highest BCUT2D eigenvalue weighted by Crippen LogP contribution is 2.13. The fourth-order valence-electron chi connectivity index (χ4n) is 0.877. The molecular formula is C11H9F3O. The van der Waals surface area contributed by atoms with E-state index < -0.39 is 12.8 Å². The summed E-state index contributed by atoms with van der Waals surface area (Å²) in [5.74, 6) is 5.19. The van der Waals surface area contributed by atoms with E-state index in [-0.39, 0.29) is 6.61 Å². The van der Waals surface area contributed by atoms with Crippen LogP contribution in [0.4, 0.5) is 13.2 Å². The van der Waals surface area contributed by atoms with E-state index in [2.05, 4.69) is 16.6 Å². The van der Waals surface area contributed by atoms with Crippen molar-refractivity contribution >= 4 is 0 Å². The molecule has 0 N–H and O–H groups in total. The van der Waals surface area contributed by atoms with Crippen molar-refractivity contribution in [2.75, 3.05) is 13.2 Å². The molecule has 0 aliphatic rings. The van der Waals surface area contributed by atoms with Crippen LogP contribution in [-0.4, -0.2) is 19.4 Å². The maximum absolute atomic E-state index is 11.6. The minimum atomic E-state index is -4.28. The van der Waals surface area contributed by atoms with Gasteiger partial charge in [-0.1, -0.05) is 30.0 Å². The quantitative estimate of drug-likeness (QED) is 0.543. The van der Waals surface area contributed by atoms with Crippen LogP contribution in [0.25, 0.3) is 0 Å². The molecule has 1 rings (SSSR count). The Bertz CT molecular complexity index is 346. The van der Waals surface area contributed by atoms with Crippen LogP contribution in [0.1, 0.15) is 5.56 Å². The van der Waals surface area contributed by atoms with Crippen molar-refractivity contribution < 1.29 is 17.9 Å². The SMILES string of the molecule is FC(F)(F)COCC#Cc1ccccc1. The number of ether oxygens (including phenoxy) is 1. The highest BCUT2D eigenvalue weighted by atomic mass is 19.4. The lowest BCUT2D eigenvalue weighted by atomic mass is 10.2. The highest BCUT2D eigenvalue weighted by molar-refractivity contribution is 5.33. The second kappa shape index (κ2) is 5.42. The van der Waals surface area contributed by atoms with Gasteiger partial charge in [0.15, 0.2) is 0 Å². The Kier molecular flexibility index (Phi) is 4.19. The third-order valence-electron chi connectivity index (χ3n) is 1.45. The van der Waals surface area contributed by atoms with Crippen LogP contribution in [-0.2, 0) is 4.74 Å². The largest absolute Gasteiger partial charge is 0.411 e. The lowest BCUT2D eigenvalue weighted by Gasteiger charge is -2.03. The van der Waals surface area contributed by atoms with E-state index in [0.717, 1.165) is 5.56 Å². The number of hydrogen-bond donors (Lipinski definition) is 0. The third kappa shape index (κ3) is 5.76. The second-order valence-electron chi connectivity index (χ2n) is 2.78. The molecule has 0 heterocycles. The Morgan fingerprint density at radius 1 is 1.13 bits per heavy atom. The molecule has 15 heavy (non-hydrogen) atoms. The fraction of sp³-hybridized carbons (Fsp3) is 0.273. The van der Waals surface area contributed by atoms with Gasteiger partial charge >= 0.3 is 6.18 Å². The molecule has 1 aromatic carbocycles. The molecule has 0 saturated carbocycles. The lowest BCUT2D eigenvalue weighted by Crippen LogP contribution is -2.16. The summed E-state index contributed by atoms with van der Waals surface area (Å²) in [4.78, 5) is 0. The van der Waals surface area contributed by atoms with Gasteiger partial charge in [0, 0.05) is 5.56 Å². The van der Waals surface area contributed by atoms with Gasteiger partial charge < -0.3 is 4.74 Å². The van der Waals surface area contributed by atoms with Crippen molar-refractivity contribution in [3.8, 4) is 11.8 Å². The standard InChI is InChI=1S/C11H9F3O/c12-11(13,14)9-15-8-4-7-10-5-2-1-3-6-10/h1-3,5-6H,8-9H2. The van der Waals surface area contributed by atoms with E-state index >= 15 is 0 Å². The van der Waals surface area contributed by atoms with Gasteiger partial charge in [-0.2, -0.15) is 13.2 Å². The van der Waals surface area contributed by atoms with Crippen molar-refractivity contribution in [3.05, 3.63) is 35.9 Å². The average molecular weight is 214 g/mol. The summed E-state index contributed by atoms with van der Waals surface area (Å²) in [6.45, 7) is -1.47. The zero-order valence-electron chi connectivity index (χ0n) is 7.84. The van der Waals surface area contributed by atoms with Crippen molar-refractivity contribution in [2.24, 2.45) is 0 Å². The monoisotopic (exact) mass is 214 g/mol. The third-order valence-corrected chi connectivity index (χ3v) is 1.45. The summed E-state index contributed by atoms with van der Waals surface area (Å²) in [6.07, 6.45) is -4.28. The minimum Gasteiger partial charge on any atom is -0.359 e. The van der Waals surface area contributed by atoms with Crippen molar-refractivity contribution in [3.63, 3.8) is 0 Å². The first-order valence-electron chi connectivity index (χ1n) is 4.26. The predicted octanol–water partition coefficient (Wildman–Crippen LogP) is 2.62. The number of benzene rings is 1. The van der Waals surface area contributed by atoms with Crippen LogP contribution >= 0.6 is 0 Å². The van der Waals surface area contributed by atoms with Crippen molar-refractivity contribution in [2.45, 2.75) is 6.18 Å². The molecule has 0 aromatic heterocycles. The van der Waals surface area contributed by atoms with Crippen LogP contribution in [0, 0.1) is 11.8 Å². The molecule has 0 spiro atoms. The summed E-state index contributed by atoms with van der Waals surface area (Å²) >= 11 is 0. The van der Waals surface area contributed by atoms with E-state index in [4.69, 9.17) is 0 Å². The van der Waals surface area contributed by atoms with Gasteiger partial charge in [0.25, 0.3) is 0 Å². The van der Waals surface area contributed by atoms with Crippen LogP contribution < -0.4 is 0 Å². The van der Waals surface area contributed by atoms with Gasteiger partial charge in [-0.05, 0) is 12.1 Å². The molecule has 0 saturated heterocycles. The topological polar surface area (TPSA) is 9.23 Å². The zero-order valence-corrected chi connectivity index (χ0v) is 7.84. The molecule has 80 valence electrons. The van der Waals surface area contributed by atoms with E-state index in [9.17, 15) is 13.2 Å². The molecule has 0 aliphatic carbocycles. The van der Waals surface area contributed by atoms with E-state index in [1.54, 1.807) is 24.3 Å². The van der Waals surface area contributed by atoms with Crippen LogP contribution in [0.15, 0.2) is 30.3 Å². The number of hydrogen-bond acceptors (Lipinski definition) is 1. The van der Waals surface area contributed by atoms with Gasteiger partial charge in [-0.25, -0.2) is 0 Å². The second-order valence-corrected chi connectivity index (χ2v) is 2.78. The van der Waals surface area contributed by atoms with Gasteiger partial charge in [0.05, 0.1) is 0 Å². The first kappa shape index (κ1) is 11.6. The highest BCUT2D eigenvalue weighted by Gasteiger charge is 2.26. The Morgan fingerprint density at radius 3 is 2.40 bits per heavy atom. The summed E-state index contributed by atoms with van der Waals surface area (Å²) in [5, 5.41) is 0. The van der Waals surface area contributed by atoms with Gasteiger partial charge in [0.2, 0.25) is 0 Å². The summed E-state index contributed by atoms with van der Waals surface area (Å²) in [6, 6.07) is 9.00. The first-order chi connectivity index (χ1) is 7.08. The average Bonchev–Trinajstić information content (AvgIpc) is 2.17. The molecule has 0 unspecified atom stereocenters. The Labute approximate surface area is 85.9 Å². The van der Waals surface area contributed by atoms with Crippen molar-refractivity contribution in [1.82, 2.24) is 0 Å². The smallest absolute Gasteiger partial charge is 0.359 e. The molecule has 0 amide bonds. The molecule has 0 bridgehead atoms. The van der Waals surface area contributed by atoms with Gasteiger partial charge in [0.1, 0.15) is 13.2 Å². The molecule has 1 nitrogen and oxygen atoms in total. The summed E-state index contributed by atoms with van der Waals surface area (Å²) < 4.78 is 39.2. The van der Waals surface area contributed by atoms with Crippen LogP contribution in [0.3, 0.4) is 0 Å². The van der Waals surface area contributed by atoms with Crippen LogP contribution in [0.2, 0.25) is 0 Å². The van der Waals surface area contributed by atoms with E-state index in [1.807, 2.05) is 6.07 Å². The van der Waals surface area contributed by atoms with Crippen LogP contribution in [0.5, 0.6) is 0 Å². The zero-order chi connectivity index (χ0) is 11.1. The Hall–Kier alpha value is -1.47. The Morgan fingerprint density at radius 2 is 1.80 bits per heavy atom. The van der Waals surface area contributed by atoms with E-state index in [1.165, 1.54) is 0 Å². The van der Waals surface area contributed by atoms with E-state index in [0.29, 0.717) is 0 Å². The van der Waals surface area contributed by atoms with Crippen molar-refractivity contribution in [1.29, 1.82) is 0 Å². The fourth-order valence-corrected chi connectivity index (χ4v) is 0.877. The molecule has 4 heteroatoms.